The molecule has 122 valence electrons. The molecule has 1 aliphatic rings. The van der Waals surface area contributed by atoms with Crippen LogP contribution in [-0.4, -0.2) is 33.4 Å². The maximum Gasteiger partial charge on any atom is 0.253 e. The molecule has 2 heterocycles. The van der Waals surface area contributed by atoms with Gasteiger partial charge in [0.2, 0.25) is 0 Å². The summed E-state index contributed by atoms with van der Waals surface area (Å²) in [7, 11) is 0. The van der Waals surface area contributed by atoms with Crippen LogP contribution in [0.4, 0.5) is 0 Å². The van der Waals surface area contributed by atoms with Crippen molar-refractivity contribution in [1.82, 2.24) is 14.5 Å². The lowest BCUT2D eigenvalue weighted by Gasteiger charge is -2.32. The van der Waals surface area contributed by atoms with Gasteiger partial charge in [-0.2, -0.15) is 0 Å². The zero-order valence-electron chi connectivity index (χ0n) is 14.0. The Kier molecular flexibility index (Phi) is 4.79. The quantitative estimate of drug-likeness (QED) is 0.866. The van der Waals surface area contributed by atoms with Crippen LogP contribution in [0.25, 0.3) is 0 Å². The molecule has 0 radical (unpaired) electrons. The van der Waals surface area contributed by atoms with E-state index >= 15 is 0 Å². The number of likely N-dealkylation sites (tertiary alicyclic amines) is 1. The van der Waals surface area contributed by atoms with E-state index in [1.807, 2.05) is 41.4 Å². The second-order valence-electron chi connectivity index (χ2n) is 6.69. The summed E-state index contributed by atoms with van der Waals surface area (Å²) in [6, 6.07) is 9.59. The van der Waals surface area contributed by atoms with E-state index in [0.717, 1.165) is 43.9 Å². The summed E-state index contributed by atoms with van der Waals surface area (Å²) in [4.78, 5) is 18.9. The first-order valence-electron chi connectivity index (χ1n) is 8.50. The lowest BCUT2D eigenvalue weighted by molar-refractivity contribution is 0.0682. The van der Waals surface area contributed by atoms with Crippen molar-refractivity contribution in [2.45, 2.75) is 39.2 Å². The number of benzene rings is 1. The van der Waals surface area contributed by atoms with E-state index < -0.39 is 0 Å². The maximum atomic E-state index is 12.5. The van der Waals surface area contributed by atoms with Crippen LogP contribution in [0.5, 0.6) is 0 Å². The first-order valence-corrected chi connectivity index (χ1v) is 8.50. The number of nitrogens with zero attached hydrogens (tertiary/aromatic N) is 3. The van der Waals surface area contributed by atoms with Gasteiger partial charge in [-0.15, -0.1) is 0 Å². The number of aromatic nitrogens is 2. The highest BCUT2D eigenvalue weighted by molar-refractivity contribution is 5.94. The van der Waals surface area contributed by atoms with Gasteiger partial charge in [0.25, 0.3) is 5.91 Å². The van der Waals surface area contributed by atoms with Crippen molar-refractivity contribution in [3.8, 4) is 0 Å². The molecule has 0 unspecified atom stereocenters. The average Bonchev–Trinajstić information content (AvgIpc) is 3.04. The Hall–Kier alpha value is -2.10. The van der Waals surface area contributed by atoms with Crippen molar-refractivity contribution < 1.29 is 4.79 Å². The first-order chi connectivity index (χ1) is 11.1. The molecule has 1 aromatic heterocycles. The lowest BCUT2D eigenvalue weighted by Crippen LogP contribution is -2.39. The molecular weight excluding hydrogens is 286 g/mol. The summed E-state index contributed by atoms with van der Waals surface area (Å²) in [5.41, 5.74) is 0.794. The van der Waals surface area contributed by atoms with Crippen molar-refractivity contribution in [3.63, 3.8) is 0 Å². The molecule has 1 saturated heterocycles. The summed E-state index contributed by atoms with van der Waals surface area (Å²) >= 11 is 0. The van der Waals surface area contributed by atoms with Crippen LogP contribution < -0.4 is 0 Å². The largest absolute Gasteiger partial charge is 0.339 e. The molecule has 0 aliphatic carbocycles. The first kappa shape index (κ1) is 15.8. The summed E-state index contributed by atoms with van der Waals surface area (Å²) in [5.74, 6) is 2.40. The van der Waals surface area contributed by atoms with E-state index in [9.17, 15) is 4.79 Å². The molecule has 0 spiro atoms. The van der Waals surface area contributed by atoms with Crippen LogP contribution >= 0.6 is 0 Å². The number of amides is 1. The number of carbonyl (C=O) groups is 1. The molecule has 23 heavy (non-hydrogen) atoms. The van der Waals surface area contributed by atoms with Crippen LogP contribution in [0.2, 0.25) is 0 Å². The Labute approximate surface area is 138 Å². The molecule has 1 fully saturated rings. The molecule has 0 bridgehead atoms. The van der Waals surface area contributed by atoms with Gasteiger partial charge >= 0.3 is 0 Å². The minimum absolute atomic E-state index is 0.162. The van der Waals surface area contributed by atoms with Crippen molar-refractivity contribution in [3.05, 3.63) is 54.1 Å². The zero-order chi connectivity index (χ0) is 16.2. The molecule has 4 heteroatoms. The molecule has 1 aromatic carbocycles. The smallest absolute Gasteiger partial charge is 0.253 e. The highest BCUT2D eigenvalue weighted by Crippen LogP contribution is 2.22. The predicted octanol–water partition coefficient (Wildman–Crippen LogP) is 3.56. The molecule has 0 saturated carbocycles. The molecule has 1 aliphatic heterocycles. The molecule has 2 aromatic rings. The molecule has 0 N–H and O–H groups in total. The van der Waals surface area contributed by atoms with Crippen molar-refractivity contribution in [1.29, 1.82) is 0 Å². The van der Waals surface area contributed by atoms with Gasteiger partial charge in [0, 0.05) is 43.5 Å². The Balaban J connectivity index is 1.56. The third-order valence-corrected chi connectivity index (χ3v) is 4.64. The van der Waals surface area contributed by atoms with Crippen LogP contribution in [0.3, 0.4) is 0 Å². The minimum atomic E-state index is 0.162. The molecule has 0 atom stereocenters. The zero-order valence-corrected chi connectivity index (χ0v) is 14.0. The van der Waals surface area contributed by atoms with Gasteiger partial charge < -0.3 is 9.47 Å². The standard InChI is InChI=1S/C19H25N3O/c1-15(2)18-20-10-13-22(18)14-16-8-11-21(12-9-16)19(23)17-6-4-3-5-7-17/h3-7,10,13,15-16H,8-9,11-12,14H2,1-2H3. The minimum Gasteiger partial charge on any atom is -0.339 e. The fourth-order valence-corrected chi connectivity index (χ4v) is 3.34. The summed E-state index contributed by atoms with van der Waals surface area (Å²) in [6.45, 7) is 7.08. The molecule has 4 nitrogen and oxygen atoms in total. The monoisotopic (exact) mass is 311 g/mol. The number of piperidine rings is 1. The Morgan fingerprint density at radius 2 is 1.91 bits per heavy atom. The van der Waals surface area contributed by atoms with Gasteiger partial charge in [-0.1, -0.05) is 32.0 Å². The third kappa shape index (κ3) is 3.63. The van der Waals surface area contributed by atoms with Gasteiger partial charge in [-0.25, -0.2) is 4.98 Å². The van der Waals surface area contributed by atoms with Crippen LogP contribution in [0.15, 0.2) is 42.7 Å². The summed E-state index contributed by atoms with van der Waals surface area (Å²) in [6.07, 6.45) is 6.10. The highest BCUT2D eigenvalue weighted by atomic mass is 16.2. The average molecular weight is 311 g/mol. The molecule has 3 rings (SSSR count). The summed E-state index contributed by atoms with van der Waals surface area (Å²) in [5, 5.41) is 0. The maximum absolute atomic E-state index is 12.5. The molecule has 1 amide bonds. The lowest BCUT2D eigenvalue weighted by atomic mass is 9.96. The second kappa shape index (κ2) is 6.99. The van der Waals surface area contributed by atoms with Crippen molar-refractivity contribution in [2.24, 2.45) is 5.92 Å². The number of hydrogen-bond acceptors (Lipinski definition) is 2. The van der Waals surface area contributed by atoms with Crippen LogP contribution in [-0.2, 0) is 6.54 Å². The second-order valence-corrected chi connectivity index (χ2v) is 6.69. The Bertz CT molecular complexity index is 640. The van der Waals surface area contributed by atoms with E-state index in [4.69, 9.17) is 0 Å². The van der Waals surface area contributed by atoms with Gasteiger partial charge in [-0.05, 0) is 30.9 Å². The molecular formula is C19H25N3O. The topological polar surface area (TPSA) is 38.1 Å². The van der Waals surface area contributed by atoms with Gasteiger partial charge in [0.1, 0.15) is 5.82 Å². The fourth-order valence-electron chi connectivity index (χ4n) is 3.34. The number of rotatable bonds is 4. The highest BCUT2D eigenvalue weighted by Gasteiger charge is 2.24. The predicted molar refractivity (Wildman–Crippen MR) is 91.4 cm³/mol. The number of imidazole rings is 1. The van der Waals surface area contributed by atoms with Gasteiger partial charge in [0.15, 0.2) is 0 Å². The van der Waals surface area contributed by atoms with Gasteiger partial charge in [-0.3, -0.25) is 4.79 Å². The summed E-state index contributed by atoms with van der Waals surface area (Å²) < 4.78 is 2.28. The van der Waals surface area contributed by atoms with E-state index in [0.29, 0.717) is 11.8 Å². The normalized spacial score (nSPS) is 16.0. The van der Waals surface area contributed by atoms with Crippen molar-refractivity contribution in [2.75, 3.05) is 13.1 Å². The van der Waals surface area contributed by atoms with Crippen molar-refractivity contribution >= 4 is 5.91 Å². The number of carbonyl (C=O) groups excluding carboxylic acids is 1. The van der Waals surface area contributed by atoms with E-state index in [1.165, 1.54) is 0 Å². The van der Waals surface area contributed by atoms with E-state index in [2.05, 4.69) is 29.6 Å². The van der Waals surface area contributed by atoms with E-state index in [1.54, 1.807) is 0 Å². The SMILES string of the molecule is CC(C)c1nccn1CC1CCN(C(=O)c2ccccc2)CC1. The fraction of sp³-hybridized carbons (Fsp3) is 0.474. The number of hydrogen-bond donors (Lipinski definition) is 0. The third-order valence-electron chi connectivity index (χ3n) is 4.64. The van der Waals surface area contributed by atoms with E-state index in [-0.39, 0.29) is 5.91 Å². The van der Waals surface area contributed by atoms with Crippen LogP contribution in [0.1, 0.15) is 48.8 Å². The Morgan fingerprint density at radius 1 is 1.22 bits per heavy atom. The Morgan fingerprint density at radius 3 is 2.57 bits per heavy atom. The van der Waals surface area contributed by atoms with Crippen LogP contribution in [0, 0.1) is 5.92 Å². The van der Waals surface area contributed by atoms with Gasteiger partial charge in [0.05, 0.1) is 0 Å².